The minimum absolute atomic E-state index is 0.114. The molecule has 4 aromatic rings. The molecule has 0 atom stereocenters. The molecular formula is C30H34N6O5. The minimum Gasteiger partial charge on any atom is -0.383 e. The van der Waals surface area contributed by atoms with E-state index in [9.17, 15) is 9.59 Å². The molecule has 5 rings (SSSR count). The van der Waals surface area contributed by atoms with Crippen molar-refractivity contribution in [3.63, 3.8) is 0 Å². The lowest BCUT2D eigenvalue weighted by Crippen LogP contribution is -2.51. The van der Waals surface area contributed by atoms with E-state index in [1.165, 1.54) is 18.5 Å². The first-order valence-electron chi connectivity index (χ1n) is 13.5. The summed E-state index contributed by atoms with van der Waals surface area (Å²) in [6.45, 7) is 2.11. The van der Waals surface area contributed by atoms with Crippen molar-refractivity contribution in [1.82, 2.24) is 25.1 Å². The van der Waals surface area contributed by atoms with E-state index >= 15 is 0 Å². The second-order valence-corrected chi connectivity index (χ2v) is 10.2. The topological polar surface area (TPSA) is 143 Å². The highest BCUT2D eigenvalue weighted by molar-refractivity contribution is 6.00. The molecule has 3 aromatic heterocycles. The van der Waals surface area contributed by atoms with Crippen molar-refractivity contribution in [2.75, 3.05) is 33.2 Å². The van der Waals surface area contributed by atoms with Gasteiger partial charge in [0.2, 0.25) is 0 Å². The van der Waals surface area contributed by atoms with Crippen molar-refractivity contribution in [3.05, 3.63) is 66.1 Å². The summed E-state index contributed by atoms with van der Waals surface area (Å²) in [6.07, 6.45) is 5.43. The molecule has 41 heavy (non-hydrogen) atoms. The Morgan fingerprint density at radius 1 is 1.05 bits per heavy atom. The van der Waals surface area contributed by atoms with E-state index in [4.69, 9.17) is 25.0 Å². The highest BCUT2D eigenvalue weighted by Gasteiger charge is 2.44. The van der Waals surface area contributed by atoms with Crippen LogP contribution < -0.4 is 11.2 Å². The Morgan fingerprint density at radius 2 is 1.80 bits per heavy atom. The van der Waals surface area contributed by atoms with Gasteiger partial charge in [0.05, 0.1) is 43.5 Å². The van der Waals surface area contributed by atoms with Crippen LogP contribution >= 0.6 is 0 Å². The van der Waals surface area contributed by atoms with Gasteiger partial charge in [-0.3, -0.25) is 19.4 Å². The number of nitrogen functional groups attached to an aromatic ring is 1. The predicted octanol–water partition coefficient (Wildman–Crippen LogP) is 3.98. The number of pyridine rings is 1. The number of fused-ring (bicyclic) bond motifs is 1. The lowest BCUT2D eigenvalue weighted by Gasteiger charge is -2.38. The van der Waals surface area contributed by atoms with Gasteiger partial charge in [0.25, 0.3) is 5.91 Å². The number of hydrogen-bond acceptors (Lipinski definition) is 9. The molecule has 0 aliphatic heterocycles. The van der Waals surface area contributed by atoms with E-state index in [-0.39, 0.29) is 30.0 Å². The first-order chi connectivity index (χ1) is 19.9. The number of ketones is 1. The number of aromatic nitrogens is 4. The number of nitrogens with two attached hydrogens (primary N) is 1. The Hall–Kier alpha value is -4.19. The Kier molecular flexibility index (Phi) is 8.39. The molecule has 0 unspecified atom stereocenters. The summed E-state index contributed by atoms with van der Waals surface area (Å²) in [5, 5.41) is 4.46. The number of nitrogens with one attached hydrogen (secondary N) is 1. The van der Waals surface area contributed by atoms with Crippen LogP contribution in [0.15, 0.2) is 54.9 Å². The summed E-state index contributed by atoms with van der Waals surface area (Å²) < 4.78 is 12.7. The van der Waals surface area contributed by atoms with Gasteiger partial charge in [-0.25, -0.2) is 10.5 Å². The van der Waals surface area contributed by atoms with Gasteiger partial charge < -0.3 is 15.2 Å². The van der Waals surface area contributed by atoms with Gasteiger partial charge in [0.1, 0.15) is 11.4 Å². The van der Waals surface area contributed by atoms with Crippen LogP contribution in [0.1, 0.15) is 54.6 Å². The van der Waals surface area contributed by atoms with Crippen molar-refractivity contribution in [1.29, 1.82) is 0 Å². The number of benzene rings is 1. The molecule has 3 N–H and O–H groups in total. The molecule has 1 aliphatic carbocycles. The monoisotopic (exact) mass is 558 g/mol. The second-order valence-electron chi connectivity index (χ2n) is 10.2. The fourth-order valence-corrected chi connectivity index (χ4v) is 5.53. The van der Waals surface area contributed by atoms with Crippen molar-refractivity contribution >= 4 is 23.2 Å². The highest BCUT2D eigenvalue weighted by atomic mass is 16.6. The molecule has 0 bridgehead atoms. The van der Waals surface area contributed by atoms with E-state index in [0.717, 1.165) is 22.4 Å². The average Bonchev–Trinajstić information content (AvgIpc) is 3.42. The van der Waals surface area contributed by atoms with Crippen LogP contribution in [0, 0.1) is 0 Å². The van der Waals surface area contributed by atoms with Crippen molar-refractivity contribution in [2.45, 2.75) is 44.1 Å². The maximum absolute atomic E-state index is 12.9. The number of rotatable bonds is 10. The summed E-state index contributed by atoms with van der Waals surface area (Å²) in [5.74, 6) is -0.406. The standard InChI is InChI=1S/C30H34N6O5/c1-19(37)25-26(21-11-13-30(14-12-21,29(38)35-40-3)41-16-15-39-2)34-28-23(18-33-36(28)27(25)31)22-9-10-24(32-17-22)20-7-5-4-6-8-20/h4-10,17-18,21H,11-16,31H2,1-3H3,(H,35,38)/t21-,30+. The first-order valence-corrected chi connectivity index (χ1v) is 13.5. The average molecular weight is 559 g/mol. The number of carbonyl (C=O) groups is 2. The smallest absolute Gasteiger partial charge is 0.275 e. The molecule has 1 amide bonds. The molecule has 0 spiro atoms. The number of hydrogen-bond donors (Lipinski definition) is 2. The number of carbonyl (C=O) groups excluding carboxylic acids is 2. The normalized spacial score (nSPS) is 18.9. The number of hydroxylamine groups is 1. The summed E-state index contributed by atoms with van der Waals surface area (Å²) in [7, 11) is 2.97. The Balaban J connectivity index is 1.49. The molecule has 11 nitrogen and oxygen atoms in total. The van der Waals surface area contributed by atoms with E-state index < -0.39 is 5.60 Å². The maximum atomic E-state index is 12.9. The number of nitrogens with zero attached hydrogens (tertiary/aromatic N) is 4. The van der Waals surface area contributed by atoms with Gasteiger partial charge in [0.15, 0.2) is 11.4 Å². The van der Waals surface area contributed by atoms with Crippen LogP contribution in [-0.2, 0) is 19.1 Å². The van der Waals surface area contributed by atoms with Crippen LogP contribution in [0.5, 0.6) is 0 Å². The van der Waals surface area contributed by atoms with E-state index in [2.05, 4.69) is 15.6 Å². The summed E-state index contributed by atoms with van der Waals surface area (Å²) >= 11 is 0. The van der Waals surface area contributed by atoms with E-state index in [1.807, 2.05) is 42.5 Å². The summed E-state index contributed by atoms with van der Waals surface area (Å²) in [4.78, 5) is 40.3. The lowest BCUT2D eigenvalue weighted by molar-refractivity contribution is -0.165. The summed E-state index contributed by atoms with van der Waals surface area (Å²) in [6, 6.07) is 13.9. The van der Waals surface area contributed by atoms with Gasteiger partial charge >= 0.3 is 0 Å². The van der Waals surface area contributed by atoms with Gasteiger partial charge in [-0.05, 0) is 38.7 Å². The molecule has 0 saturated heterocycles. The lowest BCUT2D eigenvalue weighted by atomic mass is 9.76. The Morgan fingerprint density at radius 3 is 2.44 bits per heavy atom. The first kappa shape index (κ1) is 28.3. The van der Waals surface area contributed by atoms with Gasteiger partial charge in [0, 0.05) is 35.9 Å². The van der Waals surface area contributed by atoms with Crippen LogP contribution in [-0.4, -0.2) is 64.3 Å². The van der Waals surface area contributed by atoms with Crippen molar-refractivity contribution < 1.29 is 23.9 Å². The number of ether oxygens (including phenoxy) is 2. The van der Waals surface area contributed by atoms with Crippen LogP contribution in [0.4, 0.5) is 5.82 Å². The zero-order chi connectivity index (χ0) is 29.0. The molecule has 0 radical (unpaired) electrons. The SMILES string of the molecule is COCCO[C@]1(C(=O)NOC)CC[C@H](c2nc3c(-c4ccc(-c5ccccc5)nc4)cnn3c(N)c2C(C)=O)CC1. The molecule has 11 heteroatoms. The largest absolute Gasteiger partial charge is 0.383 e. The van der Waals surface area contributed by atoms with Crippen LogP contribution in [0.25, 0.3) is 28.0 Å². The second kappa shape index (κ2) is 12.1. The molecule has 1 aliphatic rings. The van der Waals surface area contributed by atoms with Gasteiger partial charge in [-0.1, -0.05) is 36.4 Å². The number of anilines is 1. The zero-order valence-electron chi connectivity index (χ0n) is 23.4. The van der Waals surface area contributed by atoms with Crippen LogP contribution in [0.3, 0.4) is 0 Å². The van der Waals surface area contributed by atoms with Crippen molar-refractivity contribution in [3.8, 4) is 22.4 Å². The molecule has 214 valence electrons. The quantitative estimate of drug-likeness (QED) is 0.168. The number of amides is 1. The third-order valence-corrected chi connectivity index (χ3v) is 7.66. The number of methoxy groups -OCH3 is 1. The van der Waals surface area contributed by atoms with E-state index in [0.29, 0.717) is 49.2 Å². The fraction of sp³-hybridized carbons (Fsp3) is 0.367. The molecule has 1 saturated carbocycles. The third-order valence-electron chi connectivity index (χ3n) is 7.66. The molecule has 1 fully saturated rings. The Bertz CT molecular complexity index is 1530. The zero-order valence-corrected chi connectivity index (χ0v) is 23.4. The Labute approximate surface area is 238 Å². The third kappa shape index (κ3) is 5.56. The maximum Gasteiger partial charge on any atom is 0.275 e. The minimum atomic E-state index is -1.06. The summed E-state index contributed by atoms with van der Waals surface area (Å²) in [5.41, 5.74) is 12.9. The predicted molar refractivity (Wildman–Crippen MR) is 153 cm³/mol. The van der Waals surface area contributed by atoms with Gasteiger partial charge in [-0.15, -0.1) is 0 Å². The number of Topliss-reactive ketones (excluding diaryl/α,β-unsaturated/α-hetero) is 1. The highest BCUT2D eigenvalue weighted by Crippen LogP contribution is 2.42. The molecular weight excluding hydrogens is 524 g/mol. The molecule has 1 aromatic carbocycles. The molecule has 3 heterocycles. The van der Waals surface area contributed by atoms with Gasteiger partial charge in [-0.2, -0.15) is 9.61 Å². The van der Waals surface area contributed by atoms with Crippen LogP contribution in [0.2, 0.25) is 0 Å². The fourth-order valence-electron chi connectivity index (χ4n) is 5.53. The van der Waals surface area contributed by atoms with Crippen molar-refractivity contribution in [2.24, 2.45) is 0 Å². The van der Waals surface area contributed by atoms with E-state index in [1.54, 1.807) is 19.5 Å².